The third-order valence-electron chi connectivity index (χ3n) is 2.50. The first kappa shape index (κ1) is 13.3. The Labute approximate surface area is 102 Å². The quantitative estimate of drug-likeness (QED) is 0.736. The minimum atomic E-state index is -0.732. The first-order chi connectivity index (χ1) is 8.24. The zero-order valence-electron chi connectivity index (χ0n) is 10.2. The van der Waals surface area contributed by atoms with Crippen LogP contribution in [0.4, 0.5) is 5.69 Å². The third-order valence-corrected chi connectivity index (χ3v) is 2.50. The Hall–Kier alpha value is -1.77. The van der Waals surface area contributed by atoms with Crippen LogP contribution in [0.3, 0.4) is 0 Å². The average molecular weight is 233 g/mol. The smallest absolute Gasteiger partial charge is 0.303 e. The third kappa shape index (κ3) is 5.20. The molecule has 0 fully saturated rings. The van der Waals surface area contributed by atoms with Crippen molar-refractivity contribution in [3.8, 4) is 0 Å². The number of carboxylic acid groups (broad SMARTS) is 1. The molecule has 1 N–H and O–H groups in total. The number of benzene rings is 1. The topological polar surface area (TPSA) is 40.5 Å². The maximum Gasteiger partial charge on any atom is 0.303 e. The molecule has 0 atom stereocenters. The van der Waals surface area contributed by atoms with Gasteiger partial charge in [0.25, 0.3) is 0 Å². The molecule has 0 saturated heterocycles. The van der Waals surface area contributed by atoms with Crippen molar-refractivity contribution in [3.05, 3.63) is 42.5 Å². The molecule has 1 aromatic carbocycles. The summed E-state index contributed by atoms with van der Waals surface area (Å²) in [6.07, 6.45) is 4.97. The van der Waals surface area contributed by atoms with Crippen molar-refractivity contribution in [1.29, 1.82) is 0 Å². The van der Waals surface area contributed by atoms with Gasteiger partial charge in [-0.3, -0.25) is 4.79 Å². The molecular weight excluding hydrogens is 214 g/mol. The predicted octanol–water partition coefficient (Wildman–Crippen LogP) is 2.93. The van der Waals surface area contributed by atoms with E-state index in [-0.39, 0.29) is 6.42 Å². The standard InChI is InChI=1S/C14H19NO2/c1-2-3-11-15(12-7-10-14(16)17)13-8-5-4-6-9-13/h2-6,8-9H,7,10-12H2,1H3,(H,16,17)/b3-2+. The number of allylic oxidation sites excluding steroid dienone is 1. The monoisotopic (exact) mass is 233 g/mol. The van der Waals surface area contributed by atoms with Crippen molar-refractivity contribution in [2.75, 3.05) is 18.0 Å². The van der Waals surface area contributed by atoms with Gasteiger partial charge in [0.05, 0.1) is 0 Å². The van der Waals surface area contributed by atoms with Crippen LogP contribution in [0, 0.1) is 0 Å². The predicted molar refractivity (Wildman–Crippen MR) is 70.3 cm³/mol. The lowest BCUT2D eigenvalue weighted by molar-refractivity contribution is -0.137. The molecule has 0 unspecified atom stereocenters. The number of carbonyl (C=O) groups is 1. The lowest BCUT2D eigenvalue weighted by atomic mass is 10.2. The Bertz CT molecular complexity index is 360. The second-order valence-corrected chi connectivity index (χ2v) is 3.85. The second-order valence-electron chi connectivity index (χ2n) is 3.85. The lowest BCUT2D eigenvalue weighted by Crippen LogP contribution is -2.24. The lowest BCUT2D eigenvalue weighted by Gasteiger charge is -2.23. The van der Waals surface area contributed by atoms with Crippen LogP contribution < -0.4 is 4.90 Å². The Kier molecular flexibility index (Phi) is 5.86. The Morgan fingerprint density at radius 1 is 1.35 bits per heavy atom. The molecule has 0 aromatic heterocycles. The molecule has 1 rings (SSSR count). The molecule has 0 aliphatic heterocycles. The summed E-state index contributed by atoms with van der Waals surface area (Å²) in [4.78, 5) is 12.7. The number of carboxylic acids is 1. The first-order valence-corrected chi connectivity index (χ1v) is 5.87. The van der Waals surface area contributed by atoms with Crippen LogP contribution in [0.5, 0.6) is 0 Å². The van der Waals surface area contributed by atoms with E-state index in [2.05, 4.69) is 11.0 Å². The van der Waals surface area contributed by atoms with Gasteiger partial charge in [0.15, 0.2) is 0 Å². The van der Waals surface area contributed by atoms with E-state index in [1.165, 1.54) is 0 Å². The molecule has 0 heterocycles. The molecule has 0 aliphatic rings. The number of rotatable bonds is 7. The molecule has 0 radical (unpaired) electrons. The van der Waals surface area contributed by atoms with Crippen LogP contribution in [-0.4, -0.2) is 24.2 Å². The summed E-state index contributed by atoms with van der Waals surface area (Å²) in [6.45, 7) is 3.57. The van der Waals surface area contributed by atoms with E-state index in [1.807, 2.05) is 43.3 Å². The number of nitrogens with zero attached hydrogens (tertiary/aromatic N) is 1. The van der Waals surface area contributed by atoms with Gasteiger partial charge in [-0.2, -0.15) is 0 Å². The highest BCUT2D eigenvalue weighted by atomic mass is 16.4. The normalized spacial score (nSPS) is 10.6. The fourth-order valence-electron chi connectivity index (χ4n) is 1.62. The first-order valence-electron chi connectivity index (χ1n) is 5.87. The Morgan fingerprint density at radius 2 is 2.06 bits per heavy atom. The van der Waals surface area contributed by atoms with Crippen LogP contribution in [-0.2, 0) is 4.79 Å². The summed E-state index contributed by atoms with van der Waals surface area (Å²) in [6, 6.07) is 10.1. The van der Waals surface area contributed by atoms with Gasteiger partial charge in [-0.15, -0.1) is 0 Å². The summed E-state index contributed by atoms with van der Waals surface area (Å²) in [5.74, 6) is -0.732. The molecule has 3 heteroatoms. The molecule has 0 spiro atoms. The number of para-hydroxylation sites is 1. The number of anilines is 1. The van der Waals surface area contributed by atoms with E-state index in [0.29, 0.717) is 6.42 Å². The van der Waals surface area contributed by atoms with Gasteiger partial charge >= 0.3 is 5.97 Å². The van der Waals surface area contributed by atoms with Crippen molar-refractivity contribution in [3.63, 3.8) is 0 Å². The zero-order valence-corrected chi connectivity index (χ0v) is 10.2. The van der Waals surface area contributed by atoms with Crippen LogP contribution in [0.2, 0.25) is 0 Å². The van der Waals surface area contributed by atoms with Gasteiger partial charge in [-0.1, -0.05) is 30.4 Å². The van der Waals surface area contributed by atoms with E-state index >= 15 is 0 Å². The molecular formula is C14H19NO2. The molecule has 0 amide bonds. The van der Waals surface area contributed by atoms with Gasteiger partial charge in [-0.05, 0) is 25.5 Å². The number of hydrogen-bond acceptors (Lipinski definition) is 2. The summed E-state index contributed by atoms with van der Waals surface area (Å²) < 4.78 is 0. The second kappa shape index (κ2) is 7.49. The van der Waals surface area contributed by atoms with Gasteiger partial charge in [0.1, 0.15) is 0 Å². The summed E-state index contributed by atoms with van der Waals surface area (Å²) in [5.41, 5.74) is 1.14. The van der Waals surface area contributed by atoms with Gasteiger partial charge in [0, 0.05) is 25.2 Å². The van der Waals surface area contributed by atoms with Crippen molar-refractivity contribution in [2.24, 2.45) is 0 Å². The van der Waals surface area contributed by atoms with Crippen LogP contribution in [0.15, 0.2) is 42.5 Å². The fourth-order valence-corrected chi connectivity index (χ4v) is 1.62. The van der Waals surface area contributed by atoms with Gasteiger partial charge in [-0.25, -0.2) is 0 Å². The number of hydrogen-bond donors (Lipinski definition) is 1. The Morgan fingerprint density at radius 3 is 2.65 bits per heavy atom. The van der Waals surface area contributed by atoms with E-state index < -0.39 is 5.97 Å². The van der Waals surface area contributed by atoms with E-state index in [1.54, 1.807) is 0 Å². The van der Waals surface area contributed by atoms with E-state index in [0.717, 1.165) is 18.8 Å². The summed E-state index contributed by atoms with van der Waals surface area (Å²) in [7, 11) is 0. The molecule has 17 heavy (non-hydrogen) atoms. The van der Waals surface area contributed by atoms with Crippen LogP contribution in [0.1, 0.15) is 19.8 Å². The average Bonchev–Trinajstić information content (AvgIpc) is 2.34. The van der Waals surface area contributed by atoms with Crippen molar-refractivity contribution in [1.82, 2.24) is 0 Å². The summed E-state index contributed by atoms with van der Waals surface area (Å²) in [5, 5.41) is 8.64. The van der Waals surface area contributed by atoms with Crippen molar-refractivity contribution < 1.29 is 9.90 Å². The maximum absolute atomic E-state index is 10.5. The fraction of sp³-hybridized carbons (Fsp3) is 0.357. The Balaban J connectivity index is 2.57. The molecule has 0 bridgehead atoms. The molecule has 92 valence electrons. The highest BCUT2D eigenvalue weighted by Gasteiger charge is 2.05. The van der Waals surface area contributed by atoms with Crippen LogP contribution >= 0.6 is 0 Å². The number of aliphatic carboxylic acids is 1. The maximum atomic E-state index is 10.5. The molecule has 0 aliphatic carbocycles. The summed E-state index contributed by atoms with van der Waals surface area (Å²) >= 11 is 0. The molecule has 0 saturated carbocycles. The van der Waals surface area contributed by atoms with Gasteiger partial charge in [0.2, 0.25) is 0 Å². The van der Waals surface area contributed by atoms with Crippen LogP contribution in [0.25, 0.3) is 0 Å². The van der Waals surface area contributed by atoms with Gasteiger partial charge < -0.3 is 10.0 Å². The van der Waals surface area contributed by atoms with E-state index in [4.69, 9.17) is 5.11 Å². The highest BCUT2D eigenvalue weighted by molar-refractivity contribution is 5.66. The van der Waals surface area contributed by atoms with E-state index in [9.17, 15) is 4.79 Å². The largest absolute Gasteiger partial charge is 0.481 e. The SMILES string of the molecule is C/C=C/CN(CCCC(=O)O)c1ccccc1. The minimum absolute atomic E-state index is 0.221. The zero-order chi connectivity index (χ0) is 12.5. The van der Waals surface area contributed by atoms with Crippen molar-refractivity contribution in [2.45, 2.75) is 19.8 Å². The highest BCUT2D eigenvalue weighted by Crippen LogP contribution is 2.13. The molecule has 1 aromatic rings. The minimum Gasteiger partial charge on any atom is -0.481 e. The molecule has 3 nitrogen and oxygen atoms in total. The van der Waals surface area contributed by atoms with Crippen molar-refractivity contribution >= 4 is 11.7 Å².